The first-order valence-electron chi connectivity index (χ1n) is 12.4. The highest BCUT2D eigenvalue weighted by molar-refractivity contribution is 5.99. The van der Waals surface area contributed by atoms with E-state index in [1.807, 2.05) is 18.2 Å². The number of nitrogens with zero attached hydrogens (tertiary/aromatic N) is 2. The van der Waals surface area contributed by atoms with Crippen LogP contribution in [0.4, 0.5) is 5.69 Å². The molecule has 4 atom stereocenters. The Morgan fingerprint density at radius 1 is 1.21 bits per heavy atom. The molecule has 33 heavy (non-hydrogen) atoms. The van der Waals surface area contributed by atoms with Crippen LogP contribution in [-0.4, -0.2) is 33.7 Å². The normalized spacial score (nSPS) is 24.1. The second-order valence-corrected chi connectivity index (χ2v) is 9.71. The highest BCUT2D eigenvalue weighted by Gasteiger charge is 2.36. The minimum atomic E-state index is -0.388. The van der Waals surface area contributed by atoms with Gasteiger partial charge in [-0.15, -0.1) is 0 Å². The number of fused-ring (bicyclic) bond motifs is 1. The Kier molecular flexibility index (Phi) is 7.13. The summed E-state index contributed by atoms with van der Waals surface area (Å²) in [5, 5.41) is 10.9. The van der Waals surface area contributed by atoms with Gasteiger partial charge in [-0.1, -0.05) is 44.4 Å². The van der Waals surface area contributed by atoms with Crippen LogP contribution in [0.3, 0.4) is 0 Å². The number of amidine groups is 1. The highest BCUT2D eigenvalue weighted by atomic mass is 16.2. The SMILES string of the molecule is CCCCC(c1cccc2c1CC(c1cccc(C(=N)N)n1)C(=O)N2)N1C(C)CCCC1C. The van der Waals surface area contributed by atoms with Gasteiger partial charge in [0.25, 0.3) is 0 Å². The second kappa shape index (κ2) is 10.0. The molecule has 0 aliphatic carbocycles. The van der Waals surface area contributed by atoms with Crippen LogP contribution in [0.25, 0.3) is 0 Å². The standard InChI is InChI=1S/C27H37N5O/c1-4-5-15-25(32-17(2)9-6-10-18(32)3)19-11-7-12-22-20(19)16-21(27(33)31-22)23-13-8-14-24(30-23)26(28)29/h7-8,11-14,17-18,21,25H,4-6,9-10,15-16H2,1-3H3,(H3,28,29)(H,31,33). The molecule has 1 aromatic carbocycles. The Hall–Kier alpha value is -2.73. The van der Waals surface area contributed by atoms with E-state index in [4.69, 9.17) is 11.1 Å². The van der Waals surface area contributed by atoms with E-state index < -0.39 is 0 Å². The smallest absolute Gasteiger partial charge is 0.233 e. The minimum Gasteiger partial charge on any atom is -0.382 e. The van der Waals surface area contributed by atoms with E-state index in [1.54, 1.807) is 6.07 Å². The Morgan fingerprint density at radius 2 is 1.94 bits per heavy atom. The molecule has 4 rings (SSSR count). The van der Waals surface area contributed by atoms with E-state index in [0.717, 1.165) is 12.1 Å². The molecule has 2 aliphatic heterocycles. The zero-order valence-electron chi connectivity index (χ0n) is 20.1. The fraction of sp³-hybridized carbons (Fsp3) is 0.519. The molecule has 2 aliphatic rings. The zero-order valence-corrected chi connectivity index (χ0v) is 20.1. The molecule has 3 heterocycles. The van der Waals surface area contributed by atoms with Crippen LogP contribution < -0.4 is 11.1 Å². The van der Waals surface area contributed by atoms with E-state index in [9.17, 15) is 4.79 Å². The number of nitrogens with one attached hydrogen (secondary N) is 2. The van der Waals surface area contributed by atoms with Gasteiger partial charge in [-0.05, 0) is 68.9 Å². The second-order valence-electron chi connectivity index (χ2n) is 9.71. The fourth-order valence-corrected chi connectivity index (χ4v) is 5.73. The number of carbonyl (C=O) groups excluding carboxylic acids is 1. The number of hydrogen-bond donors (Lipinski definition) is 3. The maximum Gasteiger partial charge on any atom is 0.233 e. The highest BCUT2D eigenvalue weighted by Crippen LogP contribution is 2.41. The lowest BCUT2D eigenvalue weighted by Gasteiger charge is -2.45. The first-order chi connectivity index (χ1) is 15.9. The molecule has 6 nitrogen and oxygen atoms in total. The number of nitrogens with two attached hydrogens (primary N) is 1. The maximum atomic E-state index is 13.1. The lowest BCUT2D eigenvalue weighted by atomic mass is 9.82. The topological polar surface area (TPSA) is 95.1 Å². The third-order valence-corrected chi connectivity index (χ3v) is 7.41. The van der Waals surface area contributed by atoms with Crippen LogP contribution in [0.1, 0.15) is 93.8 Å². The number of benzene rings is 1. The Balaban J connectivity index is 1.73. The number of anilines is 1. The monoisotopic (exact) mass is 447 g/mol. The Morgan fingerprint density at radius 3 is 2.64 bits per heavy atom. The summed E-state index contributed by atoms with van der Waals surface area (Å²) in [6.45, 7) is 6.99. The van der Waals surface area contributed by atoms with Gasteiger partial charge < -0.3 is 11.1 Å². The average molecular weight is 448 g/mol. The summed E-state index contributed by atoms with van der Waals surface area (Å²) in [5.74, 6) is -0.513. The van der Waals surface area contributed by atoms with Crippen molar-refractivity contribution in [3.8, 4) is 0 Å². The van der Waals surface area contributed by atoms with Crippen LogP contribution in [-0.2, 0) is 11.2 Å². The number of amides is 1. The molecule has 0 radical (unpaired) electrons. The van der Waals surface area contributed by atoms with Crippen molar-refractivity contribution in [1.82, 2.24) is 9.88 Å². The predicted molar refractivity (Wildman–Crippen MR) is 134 cm³/mol. The summed E-state index contributed by atoms with van der Waals surface area (Å²) in [5.41, 5.74) is 10.2. The fourth-order valence-electron chi connectivity index (χ4n) is 5.73. The lowest BCUT2D eigenvalue weighted by molar-refractivity contribution is -0.117. The van der Waals surface area contributed by atoms with Crippen LogP contribution in [0.15, 0.2) is 36.4 Å². The molecule has 1 amide bonds. The summed E-state index contributed by atoms with van der Waals surface area (Å²) >= 11 is 0. The van der Waals surface area contributed by atoms with E-state index in [-0.39, 0.29) is 17.7 Å². The van der Waals surface area contributed by atoms with E-state index in [0.29, 0.717) is 35.9 Å². The van der Waals surface area contributed by atoms with Crippen molar-refractivity contribution in [3.05, 3.63) is 58.9 Å². The molecule has 0 spiro atoms. The molecule has 0 bridgehead atoms. The molecule has 4 N–H and O–H groups in total. The summed E-state index contributed by atoms with van der Waals surface area (Å²) in [6.07, 6.45) is 7.86. The van der Waals surface area contributed by atoms with Crippen molar-refractivity contribution in [1.29, 1.82) is 5.41 Å². The molecule has 0 saturated carbocycles. The third-order valence-electron chi connectivity index (χ3n) is 7.41. The summed E-state index contributed by atoms with van der Waals surface area (Å²) in [4.78, 5) is 20.3. The van der Waals surface area contributed by atoms with E-state index in [2.05, 4.69) is 48.1 Å². The van der Waals surface area contributed by atoms with Crippen LogP contribution >= 0.6 is 0 Å². The van der Waals surface area contributed by atoms with Crippen molar-refractivity contribution in [2.24, 2.45) is 5.73 Å². The van der Waals surface area contributed by atoms with E-state index in [1.165, 1.54) is 43.2 Å². The number of nitrogen functional groups attached to an aromatic ring is 1. The van der Waals surface area contributed by atoms with E-state index >= 15 is 0 Å². The van der Waals surface area contributed by atoms with Crippen molar-refractivity contribution in [2.75, 3.05) is 5.32 Å². The summed E-state index contributed by atoms with van der Waals surface area (Å²) in [7, 11) is 0. The molecule has 4 unspecified atom stereocenters. The molecule has 6 heteroatoms. The van der Waals surface area contributed by atoms with Gasteiger partial charge in [0, 0.05) is 23.8 Å². The molecule has 176 valence electrons. The number of unbranched alkanes of at least 4 members (excludes halogenated alkanes) is 1. The van der Waals surface area contributed by atoms with Crippen molar-refractivity contribution in [3.63, 3.8) is 0 Å². The van der Waals surface area contributed by atoms with Gasteiger partial charge in [0.1, 0.15) is 11.5 Å². The molecule has 1 aromatic heterocycles. The van der Waals surface area contributed by atoms with Gasteiger partial charge >= 0.3 is 0 Å². The number of likely N-dealkylation sites (tertiary alicyclic amines) is 1. The third kappa shape index (κ3) is 4.81. The molecule has 2 aromatic rings. The summed E-state index contributed by atoms with van der Waals surface area (Å²) < 4.78 is 0. The van der Waals surface area contributed by atoms with Gasteiger partial charge in [0.05, 0.1) is 11.6 Å². The van der Waals surface area contributed by atoms with Gasteiger partial charge in [-0.25, -0.2) is 4.98 Å². The number of aromatic nitrogens is 1. The van der Waals surface area contributed by atoms with Gasteiger partial charge in [-0.3, -0.25) is 15.1 Å². The number of rotatable bonds is 7. The molecule has 1 fully saturated rings. The molecular weight excluding hydrogens is 410 g/mol. The van der Waals surface area contributed by atoms with Gasteiger partial charge in [0.15, 0.2) is 0 Å². The molecular formula is C27H37N5O. The zero-order chi connectivity index (χ0) is 23.5. The van der Waals surface area contributed by atoms with Gasteiger partial charge in [0.2, 0.25) is 5.91 Å². The van der Waals surface area contributed by atoms with Crippen LogP contribution in [0.5, 0.6) is 0 Å². The Labute approximate surface area is 197 Å². The minimum absolute atomic E-state index is 0.0438. The number of carbonyl (C=O) groups is 1. The van der Waals surface area contributed by atoms with Crippen LogP contribution in [0.2, 0.25) is 0 Å². The Bertz CT molecular complexity index is 1010. The first-order valence-corrected chi connectivity index (χ1v) is 12.4. The largest absolute Gasteiger partial charge is 0.382 e. The number of hydrogen-bond acceptors (Lipinski definition) is 4. The number of piperidine rings is 1. The number of pyridine rings is 1. The van der Waals surface area contributed by atoms with Crippen molar-refractivity contribution in [2.45, 2.75) is 89.8 Å². The van der Waals surface area contributed by atoms with Crippen molar-refractivity contribution < 1.29 is 4.79 Å². The maximum absolute atomic E-state index is 13.1. The van der Waals surface area contributed by atoms with Crippen molar-refractivity contribution >= 4 is 17.4 Å². The summed E-state index contributed by atoms with van der Waals surface area (Å²) in [6, 6.07) is 13.2. The van der Waals surface area contributed by atoms with Gasteiger partial charge in [-0.2, -0.15) is 0 Å². The first kappa shape index (κ1) is 23.4. The lowest BCUT2D eigenvalue weighted by Crippen LogP contribution is -2.46. The quantitative estimate of drug-likeness (QED) is 0.405. The average Bonchev–Trinajstić information content (AvgIpc) is 2.80. The molecule has 1 saturated heterocycles. The predicted octanol–water partition coefficient (Wildman–Crippen LogP) is 5.14. The van der Waals surface area contributed by atoms with Crippen LogP contribution in [0, 0.1) is 5.41 Å².